The van der Waals surface area contributed by atoms with Crippen molar-refractivity contribution in [2.75, 3.05) is 6.54 Å². The minimum Gasteiger partial charge on any atom is -0.456 e. The van der Waals surface area contributed by atoms with Crippen LogP contribution in [0, 0.1) is 0 Å². The molecule has 0 bridgehead atoms. The third kappa shape index (κ3) is 3.95. The number of aliphatic hydroxyl groups excluding tert-OH is 4. The average molecular weight is 317 g/mol. The second kappa shape index (κ2) is 6.43. The van der Waals surface area contributed by atoms with Gasteiger partial charge in [0.1, 0.15) is 30.5 Å². The van der Waals surface area contributed by atoms with E-state index in [1.165, 1.54) is 0 Å². The molecule has 20 heavy (non-hydrogen) atoms. The van der Waals surface area contributed by atoms with Crippen LogP contribution in [0.4, 0.5) is 0 Å². The molecule has 0 aliphatic heterocycles. The highest BCUT2D eigenvalue weighted by atomic mass is 31.2. The van der Waals surface area contributed by atoms with Gasteiger partial charge in [0.05, 0.1) is 6.54 Å². The fourth-order valence-corrected chi connectivity index (χ4v) is 2.36. The van der Waals surface area contributed by atoms with Gasteiger partial charge in [-0.2, -0.15) is 0 Å². The molecule has 0 amide bonds. The summed E-state index contributed by atoms with van der Waals surface area (Å²) in [6.45, 7) is -0.611. The first-order chi connectivity index (χ1) is 9.08. The van der Waals surface area contributed by atoms with Gasteiger partial charge in [0, 0.05) is 0 Å². The van der Waals surface area contributed by atoms with Crippen LogP contribution in [0.5, 0.6) is 0 Å². The van der Waals surface area contributed by atoms with E-state index in [0.717, 1.165) is 0 Å². The molecule has 6 atom stereocenters. The first-order valence-electron chi connectivity index (χ1n) is 5.44. The molecule has 1 aliphatic rings. The number of esters is 1. The van der Waals surface area contributed by atoms with Crippen molar-refractivity contribution in [2.45, 2.75) is 36.6 Å². The van der Waals surface area contributed by atoms with E-state index in [4.69, 9.17) is 15.5 Å². The van der Waals surface area contributed by atoms with Crippen LogP contribution < -0.4 is 5.73 Å². The molecule has 0 aromatic carbocycles. The fraction of sp³-hybridized carbons (Fsp3) is 0.875. The highest BCUT2D eigenvalue weighted by molar-refractivity contribution is 7.46. The second-order valence-electron chi connectivity index (χ2n) is 4.18. The number of rotatable bonds is 4. The molecule has 12 heteroatoms. The molecule has 0 aromatic heterocycles. The van der Waals surface area contributed by atoms with E-state index < -0.39 is 57.0 Å². The highest BCUT2D eigenvalue weighted by Gasteiger charge is 2.53. The Morgan fingerprint density at radius 2 is 1.45 bits per heavy atom. The summed E-state index contributed by atoms with van der Waals surface area (Å²) in [5.41, 5.74) is 4.98. The molecule has 1 saturated carbocycles. The molecule has 8 N–H and O–H groups in total. The lowest BCUT2D eigenvalue weighted by molar-refractivity contribution is -0.229. The van der Waals surface area contributed by atoms with Gasteiger partial charge in [-0.05, 0) is 0 Å². The summed E-state index contributed by atoms with van der Waals surface area (Å²) < 4.78 is 19.6. The van der Waals surface area contributed by atoms with E-state index in [1.54, 1.807) is 0 Å². The molecule has 11 nitrogen and oxygen atoms in total. The number of carbonyl (C=O) groups excluding carboxylic acids is 1. The average Bonchev–Trinajstić information content (AvgIpc) is 2.36. The topological polar surface area (TPSA) is 200 Å². The van der Waals surface area contributed by atoms with Crippen LogP contribution in [0.2, 0.25) is 0 Å². The van der Waals surface area contributed by atoms with E-state index in [9.17, 15) is 29.8 Å². The van der Waals surface area contributed by atoms with Gasteiger partial charge in [-0.3, -0.25) is 9.32 Å². The normalized spacial score (nSPS) is 38.5. The van der Waals surface area contributed by atoms with Gasteiger partial charge in [-0.15, -0.1) is 0 Å². The molecule has 0 aromatic rings. The largest absolute Gasteiger partial charge is 0.470 e. The number of hydrogen-bond donors (Lipinski definition) is 7. The lowest BCUT2D eigenvalue weighted by atomic mass is 9.85. The van der Waals surface area contributed by atoms with Gasteiger partial charge in [0.25, 0.3) is 0 Å². The summed E-state index contributed by atoms with van der Waals surface area (Å²) >= 11 is 0. The fourth-order valence-electron chi connectivity index (χ4n) is 1.80. The van der Waals surface area contributed by atoms with Crippen LogP contribution in [-0.2, 0) is 18.6 Å². The molecular formula is C8H16NO10P. The monoisotopic (exact) mass is 317 g/mol. The molecule has 118 valence electrons. The number of ether oxygens (including phenoxy) is 1. The van der Waals surface area contributed by atoms with E-state index in [0.29, 0.717) is 0 Å². The zero-order valence-electron chi connectivity index (χ0n) is 10.0. The van der Waals surface area contributed by atoms with Gasteiger partial charge in [-0.25, -0.2) is 4.57 Å². The van der Waals surface area contributed by atoms with E-state index in [1.807, 2.05) is 0 Å². The molecule has 0 radical (unpaired) electrons. The van der Waals surface area contributed by atoms with E-state index in [2.05, 4.69) is 9.26 Å². The number of hydrogen-bond acceptors (Lipinski definition) is 9. The third-order valence-corrected chi connectivity index (χ3v) is 3.26. The summed E-state index contributed by atoms with van der Waals surface area (Å²) in [6.07, 6.45) is -11.5. The van der Waals surface area contributed by atoms with Crippen molar-refractivity contribution in [3.8, 4) is 0 Å². The predicted molar refractivity (Wildman–Crippen MR) is 59.9 cm³/mol. The summed E-state index contributed by atoms with van der Waals surface area (Å²) in [4.78, 5) is 28.5. The maximum absolute atomic E-state index is 11.1. The third-order valence-electron chi connectivity index (χ3n) is 2.74. The summed E-state index contributed by atoms with van der Waals surface area (Å²) in [5.74, 6) is -1.07. The molecule has 1 aliphatic carbocycles. The lowest BCUT2D eigenvalue weighted by Crippen LogP contribution is -2.65. The maximum atomic E-state index is 11.1. The lowest BCUT2D eigenvalue weighted by Gasteiger charge is -2.42. The Bertz CT molecular complexity index is 399. The van der Waals surface area contributed by atoms with E-state index >= 15 is 0 Å². The number of phosphoric ester groups is 1. The minimum absolute atomic E-state index is 0.611. The number of phosphoric acid groups is 1. The zero-order valence-corrected chi connectivity index (χ0v) is 10.9. The molecule has 1 fully saturated rings. The van der Waals surface area contributed by atoms with Crippen LogP contribution in [0.15, 0.2) is 0 Å². The van der Waals surface area contributed by atoms with Gasteiger partial charge in [0.2, 0.25) is 0 Å². The molecule has 0 spiro atoms. The van der Waals surface area contributed by atoms with Crippen LogP contribution in [-0.4, -0.2) is 79.4 Å². The Balaban J connectivity index is 3.02. The Labute approximate surface area is 112 Å². The van der Waals surface area contributed by atoms with Gasteiger partial charge >= 0.3 is 13.8 Å². The summed E-state index contributed by atoms with van der Waals surface area (Å²) in [7, 11) is -5.12. The van der Waals surface area contributed by atoms with Crippen molar-refractivity contribution in [3.05, 3.63) is 0 Å². The Hall–Kier alpha value is -0.620. The first kappa shape index (κ1) is 17.4. The molecule has 1 rings (SSSR count). The summed E-state index contributed by atoms with van der Waals surface area (Å²) in [5, 5.41) is 38.2. The second-order valence-corrected chi connectivity index (χ2v) is 5.37. The summed E-state index contributed by atoms with van der Waals surface area (Å²) in [6, 6.07) is 0. The van der Waals surface area contributed by atoms with Crippen LogP contribution in [0.1, 0.15) is 0 Å². The van der Waals surface area contributed by atoms with Crippen molar-refractivity contribution in [3.63, 3.8) is 0 Å². The van der Waals surface area contributed by atoms with Crippen LogP contribution in [0.25, 0.3) is 0 Å². The van der Waals surface area contributed by atoms with Crippen molar-refractivity contribution in [2.24, 2.45) is 5.73 Å². The SMILES string of the molecule is NCC(=O)OC1C(O)C(O)C(O)C(O)C1OP(=O)(O)O. The Kier molecular flexibility index (Phi) is 5.61. The Morgan fingerprint density at radius 1 is 1.00 bits per heavy atom. The van der Waals surface area contributed by atoms with Crippen molar-refractivity contribution < 1.29 is 48.8 Å². The van der Waals surface area contributed by atoms with Gasteiger partial charge in [0.15, 0.2) is 6.10 Å². The van der Waals surface area contributed by atoms with Crippen molar-refractivity contribution in [1.29, 1.82) is 0 Å². The van der Waals surface area contributed by atoms with Crippen molar-refractivity contribution >= 4 is 13.8 Å². The maximum Gasteiger partial charge on any atom is 0.470 e. The quantitative estimate of drug-likeness (QED) is 0.196. The zero-order chi connectivity index (χ0) is 15.7. The molecule has 6 unspecified atom stereocenters. The van der Waals surface area contributed by atoms with Crippen LogP contribution >= 0.6 is 7.82 Å². The highest BCUT2D eigenvalue weighted by Crippen LogP contribution is 2.41. The van der Waals surface area contributed by atoms with E-state index in [-0.39, 0.29) is 0 Å². The van der Waals surface area contributed by atoms with Gasteiger partial charge in [-0.1, -0.05) is 0 Å². The van der Waals surface area contributed by atoms with Crippen LogP contribution in [0.3, 0.4) is 0 Å². The number of carbonyl (C=O) groups is 1. The minimum atomic E-state index is -5.12. The number of nitrogens with two attached hydrogens (primary N) is 1. The van der Waals surface area contributed by atoms with Gasteiger partial charge < -0.3 is 40.7 Å². The number of aliphatic hydroxyl groups is 4. The molecule has 0 heterocycles. The molecule has 0 saturated heterocycles. The van der Waals surface area contributed by atoms with Crippen molar-refractivity contribution in [1.82, 2.24) is 0 Å². The standard InChI is InChI=1S/C8H16NO10P/c9-1-2(10)18-7-5(13)3(11)4(12)6(14)8(7)19-20(15,16)17/h3-8,11-14H,1,9H2,(H2,15,16,17). The molecular weight excluding hydrogens is 301 g/mol. The predicted octanol–water partition coefficient (Wildman–Crippen LogP) is -4.21. The first-order valence-corrected chi connectivity index (χ1v) is 6.97. The smallest absolute Gasteiger partial charge is 0.456 e. The Morgan fingerprint density at radius 3 is 1.85 bits per heavy atom.